The van der Waals surface area contributed by atoms with Crippen molar-refractivity contribution >= 4 is 0 Å². The van der Waals surface area contributed by atoms with Crippen molar-refractivity contribution in [2.45, 2.75) is 52.4 Å². The summed E-state index contributed by atoms with van der Waals surface area (Å²) in [4.78, 5) is 2.51. The van der Waals surface area contributed by atoms with Crippen molar-refractivity contribution in [1.82, 2.24) is 4.90 Å². The van der Waals surface area contributed by atoms with Crippen LogP contribution in [0, 0.1) is 0 Å². The highest BCUT2D eigenvalue weighted by Crippen LogP contribution is 2.32. The Bertz CT molecular complexity index is 473. The van der Waals surface area contributed by atoms with E-state index in [1.807, 2.05) is 0 Å². The summed E-state index contributed by atoms with van der Waals surface area (Å²) in [6, 6.07) is 6.75. The number of benzene rings is 1. The molecule has 1 heterocycles. The van der Waals surface area contributed by atoms with E-state index in [9.17, 15) is 0 Å². The van der Waals surface area contributed by atoms with Crippen molar-refractivity contribution in [3.8, 4) is 5.75 Å². The molecule has 1 aromatic rings. The lowest BCUT2D eigenvalue weighted by Crippen LogP contribution is -2.36. The fourth-order valence-corrected chi connectivity index (χ4v) is 2.99. The van der Waals surface area contributed by atoms with Gasteiger partial charge in [-0.3, -0.25) is 4.90 Å². The van der Waals surface area contributed by atoms with Crippen LogP contribution in [0.1, 0.15) is 51.7 Å². The Hall–Kier alpha value is -1.06. The minimum Gasteiger partial charge on any atom is -0.493 e. The molecule has 0 N–H and O–H groups in total. The third-order valence-electron chi connectivity index (χ3n) is 4.36. The summed E-state index contributed by atoms with van der Waals surface area (Å²) in [7, 11) is 0. The standard InChI is InChI=1S/C20H33NO2/c1-5-13-23-19-9-8-17(16-18(19)20(2,3)4)7-6-10-21-11-14-22-15-12-21/h8-9,16H,5-7,10-15H2,1-4H3. The van der Waals surface area contributed by atoms with E-state index in [1.165, 1.54) is 24.1 Å². The average Bonchev–Trinajstić information content (AvgIpc) is 2.53. The molecule has 0 amide bonds. The first-order chi connectivity index (χ1) is 11.0. The maximum atomic E-state index is 5.95. The van der Waals surface area contributed by atoms with E-state index >= 15 is 0 Å². The molecule has 0 unspecified atom stereocenters. The number of morpholine rings is 1. The summed E-state index contributed by atoms with van der Waals surface area (Å²) in [6.45, 7) is 14.8. The lowest BCUT2D eigenvalue weighted by Gasteiger charge is -2.26. The van der Waals surface area contributed by atoms with Gasteiger partial charge < -0.3 is 9.47 Å². The molecule has 0 atom stereocenters. The van der Waals surface area contributed by atoms with E-state index in [2.05, 4.69) is 50.8 Å². The molecule has 0 saturated carbocycles. The average molecular weight is 319 g/mol. The molecule has 3 nitrogen and oxygen atoms in total. The Labute approximate surface area is 142 Å². The van der Waals surface area contributed by atoms with Crippen LogP contribution in [0.3, 0.4) is 0 Å². The first kappa shape index (κ1) is 18.3. The molecule has 23 heavy (non-hydrogen) atoms. The first-order valence-electron chi connectivity index (χ1n) is 9.07. The second-order valence-corrected chi connectivity index (χ2v) is 7.49. The second kappa shape index (κ2) is 8.70. The normalized spacial score (nSPS) is 16.5. The molecule has 130 valence electrons. The van der Waals surface area contributed by atoms with Gasteiger partial charge in [-0.1, -0.05) is 39.8 Å². The lowest BCUT2D eigenvalue weighted by molar-refractivity contribution is 0.0374. The van der Waals surface area contributed by atoms with Crippen LogP contribution in [-0.2, 0) is 16.6 Å². The third-order valence-corrected chi connectivity index (χ3v) is 4.36. The van der Waals surface area contributed by atoms with Crippen molar-refractivity contribution in [2.24, 2.45) is 0 Å². The first-order valence-corrected chi connectivity index (χ1v) is 9.07. The van der Waals surface area contributed by atoms with Crippen LogP contribution in [0.4, 0.5) is 0 Å². The van der Waals surface area contributed by atoms with Gasteiger partial charge in [0.15, 0.2) is 0 Å². The molecule has 0 bridgehead atoms. The van der Waals surface area contributed by atoms with Gasteiger partial charge in [0, 0.05) is 13.1 Å². The van der Waals surface area contributed by atoms with Gasteiger partial charge in [-0.2, -0.15) is 0 Å². The molecule has 3 heteroatoms. The number of hydrogen-bond acceptors (Lipinski definition) is 3. The highest BCUT2D eigenvalue weighted by atomic mass is 16.5. The van der Waals surface area contributed by atoms with Gasteiger partial charge in [0.25, 0.3) is 0 Å². The zero-order valence-electron chi connectivity index (χ0n) is 15.4. The zero-order chi connectivity index (χ0) is 16.7. The van der Waals surface area contributed by atoms with Crippen LogP contribution in [0.15, 0.2) is 18.2 Å². The highest BCUT2D eigenvalue weighted by molar-refractivity contribution is 5.41. The van der Waals surface area contributed by atoms with Crippen LogP contribution < -0.4 is 4.74 Å². The fourth-order valence-electron chi connectivity index (χ4n) is 2.99. The van der Waals surface area contributed by atoms with Crippen LogP contribution in [0.25, 0.3) is 0 Å². The monoisotopic (exact) mass is 319 g/mol. The van der Waals surface area contributed by atoms with Gasteiger partial charge in [-0.25, -0.2) is 0 Å². The van der Waals surface area contributed by atoms with Gasteiger partial charge in [0.2, 0.25) is 0 Å². The summed E-state index contributed by atoms with van der Waals surface area (Å²) < 4.78 is 11.4. The molecule has 0 radical (unpaired) electrons. The summed E-state index contributed by atoms with van der Waals surface area (Å²) in [5.74, 6) is 1.05. The molecular formula is C20H33NO2. The molecule has 2 rings (SSSR count). The van der Waals surface area contributed by atoms with Crippen LogP contribution >= 0.6 is 0 Å². The lowest BCUT2D eigenvalue weighted by atomic mass is 9.85. The Morgan fingerprint density at radius 3 is 2.57 bits per heavy atom. The molecule has 0 aliphatic carbocycles. The summed E-state index contributed by atoms with van der Waals surface area (Å²) in [5, 5.41) is 0. The molecule has 1 aromatic carbocycles. The Kier molecular flexibility index (Phi) is 6.91. The Morgan fingerprint density at radius 1 is 1.17 bits per heavy atom. The van der Waals surface area contributed by atoms with E-state index in [0.717, 1.165) is 51.5 Å². The predicted octanol–water partition coefficient (Wildman–Crippen LogP) is 4.04. The van der Waals surface area contributed by atoms with E-state index in [0.29, 0.717) is 0 Å². The van der Waals surface area contributed by atoms with Crippen molar-refractivity contribution in [2.75, 3.05) is 39.5 Å². The number of ether oxygens (including phenoxy) is 2. The van der Waals surface area contributed by atoms with Gasteiger partial charge >= 0.3 is 0 Å². The maximum Gasteiger partial charge on any atom is 0.123 e. The third kappa shape index (κ3) is 5.82. The van der Waals surface area contributed by atoms with E-state index in [4.69, 9.17) is 9.47 Å². The van der Waals surface area contributed by atoms with Gasteiger partial charge in [0.05, 0.1) is 19.8 Å². The molecule has 0 aromatic heterocycles. The van der Waals surface area contributed by atoms with Gasteiger partial charge in [-0.15, -0.1) is 0 Å². The van der Waals surface area contributed by atoms with Gasteiger partial charge in [0.1, 0.15) is 5.75 Å². The van der Waals surface area contributed by atoms with Crippen molar-refractivity contribution in [3.63, 3.8) is 0 Å². The number of nitrogens with zero attached hydrogens (tertiary/aromatic N) is 1. The molecule has 0 spiro atoms. The summed E-state index contributed by atoms with van der Waals surface area (Å²) in [6.07, 6.45) is 3.39. The number of aryl methyl sites for hydroxylation is 1. The zero-order valence-corrected chi connectivity index (χ0v) is 15.4. The molecule has 1 saturated heterocycles. The summed E-state index contributed by atoms with van der Waals surface area (Å²) >= 11 is 0. The Balaban J connectivity index is 1.96. The maximum absolute atomic E-state index is 5.95. The van der Waals surface area contributed by atoms with Crippen LogP contribution in [-0.4, -0.2) is 44.4 Å². The molecule has 1 aliphatic rings. The summed E-state index contributed by atoms with van der Waals surface area (Å²) in [5.41, 5.74) is 2.87. The van der Waals surface area contributed by atoms with Gasteiger partial charge in [-0.05, 0) is 48.4 Å². The predicted molar refractivity (Wildman–Crippen MR) is 96.5 cm³/mol. The highest BCUT2D eigenvalue weighted by Gasteiger charge is 2.19. The largest absolute Gasteiger partial charge is 0.493 e. The molecule has 1 fully saturated rings. The quantitative estimate of drug-likeness (QED) is 0.757. The van der Waals surface area contributed by atoms with Crippen molar-refractivity contribution in [3.05, 3.63) is 29.3 Å². The minimum absolute atomic E-state index is 0.114. The number of hydrogen-bond donors (Lipinski definition) is 0. The topological polar surface area (TPSA) is 21.7 Å². The van der Waals surface area contributed by atoms with Crippen LogP contribution in [0.2, 0.25) is 0 Å². The van der Waals surface area contributed by atoms with Crippen molar-refractivity contribution in [1.29, 1.82) is 0 Å². The molecular weight excluding hydrogens is 286 g/mol. The SMILES string of the molecule is CCCOc1ccc(CCCN2CCOCC2)cc1C(C)(C)C. The Morgan fingerprint density at radius 2 is 1.91 bits per heavy atom. The van der Waals surface area contributed by atoms with E-state index in [-0.39, 0.29) is 5.41 Å². The second-order valence-electron chi connectivity index (χ2n) is 7.49. The van der Waals surface area contributed by atoms with Crippen molar-refractivity contribution < 1.29 is 9.47 Å². The van der Waals surface area contributed by atoms with E-state index < -0.39 is 0 Å². The smallest absolute Gasteiger partial charge is 0.123 e. The van der Waals surface area contributed by atoms with E-state index in [1.54, 1.807) is 0 Å². The van der Waals surface area contributed by atoms with Crippen LogP contribution in [0.5, 0.6) is 5.75 Å². The number of rotatable bonds is 7. The molecule has 1 aliphatic heterocycles. The fraction of sp³-hybridized carbons (Fsp3) is 0.700. The minimum atomic E-state index is 0.114.